The molecule has 4 heteroatoms. The number of rotatable bonds is 3. The molecule has 0 saturated carbocycles. The van der Waals surface area contributed by atoms with Crippen molar-refractivity contribution in [2.24, 2.45) is 0 Å². The van der Waals surface area contributed by atoms with Gasteiger partial charge in [0, 0.05) is 17.2 Å². The number of anilines is 2. The molecule has 14 heavy (non-hydrogen) atoms. The molecule has 1 aromatic rings. The first kappa shape index (κ1) is 11.1. The molecule has 0 aliphatic rings. The maximum atomic E-state index is 8.47. The fourth-order valence-electron chi connectivity index (χ4n) is 1.21. The Morgan fingerprint density at radius 3 is 2.86 bits per heavy atom. The van der Waals surface area contributed by atoms with Gasteiger partial charge in [0.05, 0.1) is 23.9 Å². The first-order chi connectivity index (χ1) is 6.65. The summed E-state index contributed by atoms with van der Waals surface area (Å²) in [4.78, 5) is 1.99. The summed E-state index contributed by atoms with van der Waals surface area (Å²) >= 11 is 2.22. The maximum Gasteiger partial charge on any atom is 0.0640 e. The van der Waals surface area contributed by atoms with Gasteiger partial charge in [-0.3, -0.25) is 0 Å². The lowest BCUT2D eigenvalue weighted by Crippen LogP contribution is -2.19. The Balaban J connectivity index is 2.80. The van der Waals surface area contributed by atoms with Gasteiger partial charge in [-0.05, 0) is 40.8 Å². The number of hydrogen-bond donors (Lipinski definition) is 1. The third-order valence-electron chi connectivity index (χ3n) is 1.96. The predicted octanol–water partition coefficient (Wildman–Crippen LogP) is 2.22. The first-order valence-corrected chi connectivity index (χ1v) is 5.36. The maximum absolute atomic E-state index is 8.47. The summed E-state index contributed by atoms with van der Waals surface area (Å²) in [6.45, 7) is 0.710. The Kier molecular flexibility index (Phi) is 4.01. The van der Waals surface area contributed by atoms with Gasteiger partial charge in [-0.15, -0.1) is 0 Å². The van der Waals surface area contributed by atoms with Gasteiger partial charge < -0.3 is 10.6 Å². The van der Waals surface area contributed by atoms with E-state index >= 15 is 0 Å². The van der Waals surface area contributed by atoms with Crippen molar-refractivity contribution in [2.75, 3.05) is 24.2 Å². The normalized spacial score (nSPS) is 9.50. The highest BCUT2D eigenvalue weighted by molar-refractivity contribution is 14.1. The number of halogens is 1. The average molecular weight is 301 g/mol. The van der Waals surface area contributed by atoms with E-state index in [0.717, 1.165) is 14.9 Å². The minimum absolute atomic E-state index is 0.516. The van der Waals surface area contributed by atoms with Gasteiger partial charge >= 0.3 is 0 Å². The van der Waals surface area contributed by atoms with E-state index in [1.807, 2.05) is 30.1 Å². The van der Waals surface area contributed by atoms with E-state index in [0.29, 0.717) is 13.0 Å². The number of hydrogen-bond acceptors (Lipinski definition) is 3. The average Bonchev–Trinajstić information content (AvgIpc) is 2.14. The van der Waals surface area contributed by atoms with Crippen LogP contribution in [0.4, 0.5) is 11.4 Å². The summed E-state index contributed by atoms with van der Waals surface area (Å²) in [5.41, 5.74) is 7.61. The van der Waals surface area contributed by atoms with Crippen LogP contribution in [0, 0.1) is 14.9 Å². The van der Waals surface area contributed by atoms with Crippen LogP contribution in [0.15, 0.2) is 18.2 Å². The third kappa shape index (κ3) is 2.77. The molecule has 74 valence electrons. The first-order valence-electron chi connectivity index (χ1n) is 4.28. The van der Waals surface area contributed by atoms with Crippen LogP contribution in [0.5, 0.6) is 0 Å². The largest absolute Gasteiger partial charge is 0.397 e. The molecule has 2 N–H and O–H groups in total. The second-order valence-corrected chi connectivity index (χ2v) is 4.28. The van der Waals surface area contributed by atoms with Crippen LogP contribution in [0.2, 0.25) is 0 Å². The fourth-order valence-corrected chi connectivity index (χ4v) is 1.73. The van der Waals surface area contributed by atoms with Gasteiger partial charge in [0.1, 0.15) is 0 Å². The van der Waals surface area contributed by atoms with E-state index < -0.39 is 0 Å². The number of nitrogens with zero attached hydrogens (tertiary/aromatic N) is 2. The minimum Gasteiger partial charge on any atom is -0.397 e. The number of benzene rings is 1. The highest BCUT2D eigenvalue weighted by Gasteiger charge is 2.04. The lowest BCUT2D eigenvalue weighted by atomic mass is 10.2. The third-order valence-corrected chi connectivity index (χ3v) is 2.63. The van der Waals surface area contributed by atoms with E-state index in [2.05, 4.69) is 28.7 Å². The van der Waals surface area contributed by atoms with Gasteiger partial charge in [-0.1, -0.05) is 0 Å². The van der Waals surface area contributed by atoms with Crippen molar-refractivity contribution in [3.05, 3.63) is 21.8 Å². The Bertz CT molecular complexity index is 357. The molecule has 0 atom stereocenters. The number of nitrogen functional groups attached to an aromatic ring is 1. The summed E-state index contributed by atoms with van der Waals surface area (Å²) in [7, 11) is 1.94. The zero-order valence-electron chi connectivity index (χ0n) is 8.00. The predicted molar refractivity (Wildman–Crippen MR) is 67.1 cm³/mol. The molecule has 0 saturated heterocycles. The van der Waals surface area contributed by atoms with Crippen LogP contribution in [0.25, 0.3) is 0 Å². The number of nitrogens with two attached hydrogens (primary N) is 1. The molecule has 1 rings (SSSR count). The zero-order valence-corrected chi connectivity index (χ0v) is 10.2. The van der Waals surface area contributed by atoms with Gasteiger partial charge in [0.15, 0.2) is 0 Å². The van der Waals surface area contributed by atoms with E-state index in [9.17, 15) is 0 Å². The van der Waals surface area contributed by atoms with E-state index in [1.54, 1.807) is 0 Å². The molecule has 0 bridgehead atoms. The van der Waals surface area contributed by atoms with Crippen molar-refractivity contribution in [3.63, 3.8) is 0 Å². The minimum atomic E-state index is 0.516. The molecule has 0 amide bonds. The van der Waals surface area contributed by atoms with Crippen molar-refractivity contribution >= 4 is 34.0 Å². The van der Waals surface area contributed by atoms with E-state index in [1.165, 1.54) is 0 Å². The van der Waals surface area contributed by atoms with E-state index in [-0.39, 0.29) is 0 Å². The standard InChI is InChI=1S/C10H12IN3/c1-14(6-2-5-12)10-4-3-8(11)7-9(10)13/h3-4,7H,2,6,13H2,1H3. The zero-order chi connectivity index (χ0) is 10.6. The van der Waals surface area contributed by atoms with Crippen LogP contribution in [-0.4, -0.2) is 13.6 Å². The molecule has 0 radical (unpaired) electrons. The Morgan fingerprint density at radius 1 is 1.57 bits per heavy atom. The fraction of sp³-hybridized carbons (Fsp3) is 0.300. The molecule has 0 spiro atoms. The second kappa shape index (κ2) is 5.05. The number of nitriles is 1. The van der Waals surface area contributed by atoms with E-state index in [4.69, 9.17) is 11.0 Å². The Hall–Kier alpha value is -0.960. The van der Waals surface area contributed by atoms with Gasteiger partial charge in [0.25, 0.3) is 0 Å². The molecule has 0 aliphatic heterocycles. The highest BCUT2D eigenvalue weighted by Crippen LogP contribution is 2.23. The van der Waals surface area contributed by atoms with Crippen molar-refractivity contribution in [3.8, 4) is 6.07 Å². The second-order valence-electron chi connectivity index (χ2n) is 3.03. The van der Waals surface area contributed by atoms with Crippen molar-refractivity contribution in [1.29, 1.82) is 5.26 Å². The SMILES string of the molecule is CN(CCC#N)c1ccc(I)cc1N. The van der Waals surface area contributed by atoms with Crippen LogP contribution in [-0.2, 0) is 0 Å². The topological polar surface area (TPSA) is 53.0 Å². The van der Waals surface area contributed by atoms with Crippen molar-refractivity contribution in [1.82, 2.24) is 0 Å². The van der Waals surface area contributed by atoms with Gasteiger partial charge in [-0.25, -0.2) is 0 Å². The monoisotopic (exact) mass is 301 g/mol. The highest BCUT2D eigenvalue weighted by atomic mass is 127. The Labute approximate surface area is 97.6 Å². The summed E-state index contributed by atoms with van der Waals surface area (Å²) in [6.07, 6.45) is 0.516. The molecule has 0 aliphatic carbocycles. The summed E-state index contributed by atoms with van der Waals surface area (Å²) < 4.78 is 1.12. The molecule has 3 nitrogen and oxygen atoms in total. The van der Waals surface area contributed by atoms with Crippen molar-refractivity contribution in [2.45, 2.75) is 6.42 Å². The van der Waals surface area contributed by atoms with Crippen LogP contribution in [0.3, 0.4) is 0 Å². The lowest BCUT2D eigenvalue weighted by molar-refractivity contribution is 0.906. The van der Waals surface area contributed by atoms with Crippen LogP contribution in [0.1, 0.15) is 6.42 Å². The molecule has 0 fully saturated rings. The molecular weight excluding hydrogens is 289 g/mol. The van der Waals surface area contributed by atoms with Crippen LogP contribution < -0.4 is 10.6 Å². The lowest BCUT2D eigenvalue weighted by Gasteiger charge is -2.19. The molecule has 0 aromatic heterocycles. The summed E-state index contributed by atoms with van der Waals surface area (Å²) in [5, 5.41) is 8.47. The summed E-state index contributed by atoms with van der Waals surface area (Å²) in [6, 6.07) is 8.03. The Morgan fingerprint density at radius 2 is 2.29 bits per heavy atom. The molecular formula is C10H12IN3. The van der Waals surface area contributed by atoms with Crippen molar-refractivity contribution < 1.29 is 0 Å². The van der Waals surface area contributed by atoms with Crippen LogP contribution >= 0.6 is 22.6 Å². The van der Waals surface area contributed by atoms with Gasteiger partial charge in [0.2, 0.25) is 0 Å². The summed E-state index contributed by atoms with van der Waals surface area (Å²) in [5.74, 6) is 0. The van der Waals surface area contributed by atoms with Gasteiger partial charge in [-0.2, -0.15) is 5.26 Å². The molecule has 0 heterocycles. The quantitative estimate of drug-likeness (QED) is 0.688. The molecule has 1 aromatic carbocycles. The molecule has 0 unspecified atom stereocenters. The smallest absolute Gasteiger partial charge is 0.0640 e.